The number of likely N-dealkylation sites (tertiary alicyclic amines) is 1. The molecule has 1 aromatic carbocycles. The van der Waals surface area contributed by atoms with Gasteiger partial charge in [-0.1, -0.05) is 51.1 Å². The Labute approximate surface area is 124 Å². The van der Waals surface area contributed by atoms with Crippen LogP contribution in [0.4, 0.5) is 0 Å². The highest BCUT2D eigenvalue weighted by Crippen LogP contribution is 2.15. The summed E-state index contributed by atoms with van der Waals surface area (Å²) in [6, 6.07) is 12.2. The molecular weight excluding hydrogens is 244 g/mol. The highest BCUT2D eigenvalue weighted by atomic mass is 15.1. The Morgan fingerprint density at radius 2 is 1.75 bits per heavy atom. The predicted octanol–water partition coefficient (Wildman–Crippen LogP) is 3.33. The van der Waals surface area contributed by atoms with E-state index in [2.05, 4.69) is 61.3 Å². The molecule has 0 aliphatic carbocycles. The van der Waals surface area contributed by atoms with Gasteiger partial charge in [-0.3, -0.25) is 0 Å². The summed E-state index contributed by atoms with van der Waals surface area (Å²) >= 11 is 0. The first-order valence-corrected chi connectivity index (χ1v) is 8.16. The minimum absolute atomic E-state index is 0.614. The van der Waals surface area contributed by atoms with E-state index in [1.165, 1.54) is 44.5 Å². The van der Waals surface area contributed by atoms with Crippen LogP contribution >= 0.6 is 0 Å². The summed E-state index contributed by atoms with van der Waals surface area (Å²) in [5, 5.41) is 3.67. The average molecular weight is 274 g/mol. The molecule has 1 aliphatic heterocycles. The Kier molecular flexibility index (Phi) is 6.06. The van der Waals surface area contributed by atoms with Crippen molar-refractivity contribution >= 4 is 0 Å². The van der Waals surface area contributed by atoms with Crippen LogP contribution in [0, 0.1) is 5.92 Å². The van der Waals surface area contributed by atoms with Gasteiger partial charge in [0.1, 0.15) is 0 Å². The van der Waals surface area contributed by atoms with Gasteiger partial charge in [0, 0.05) is 18.6 Å². The van der Waals surface area contributed by atoms with Crippen LogP contribution in [0.2, 0.25) is 0 Å². The Hall–Kier alpha value is -0.860. The van der Waals surface area contributed by atoms with Crippen molar-refractivity contribution in [3.63, 3.8) is 0 Å². The quantitative estimate of drug-likeness (QED) is 0.856. The van der Waals surface area contributed by atoms with Crippen LogP contribution in [0.3, 0.4) is 0 Å². The molecule has 0 unspecified atom stereocenters. The lowest BCUT2D eigenvalue weighted by Crippen LogP contribution is -2.45. The monoisotopic (exact) mass is 274 g/mol. The molecule has 0 radical (unpaired) electrons. The smallest absolute Gasteiger partial charge is 0.00937 e. The number of rotatable bonds is 6. The van der Waals surface area contributed by atoms with Gasteiger partial charge in [-0.05, 0) is 43.8 Å². The van der Waals surface area contributed by atoms with Crippen LogP contribution < -0.4 is 5.32 Å². The second kappa shape index (κ2) is 7.80. The third-order valence-electron chi connectivity index (χ3n) is 4.15. The molecule has 1 fully saturated rings. The maximum Gasteiger partial charge on any atom is 0.00937 e. The molecule has 1 aromatic rings. The van der Waals surface area contributed by atoms with Crippen molar-refractivity contribution in [2.75, 3.05) is 19.6 Å². The first kappa shape index (κ1) is 15.5. The SMILES string of the molecule is CC(C)NC1CCN(C[C@H](C)Cc2ccccc2)CC1. The van der Waals surface area contributed by atoms with E-state index in [-0.39, 0.29) is 0 Å². The highest BCUT2D eigenvalue weighted by Gasteiger charge is 2.20. The molecular formula is C18H30N2. The molecule has 2 rings (SSSR count). The topological polar surface area (TPSA) is 15.3 Å². The molecule has 0 aromatic heterocycles. The van der Waals surface area contributed by atoms with Crippen LogP contribution in [-0.4, -0.2) is 36.6 Å². The normalized spacial score (nSPS) is 19.4. The third kappa shape index (κ3) is 5.26. The minimum Gasteiger partial charge on any atom is -0.312 e. The Bertz CT molecular complexity index is 366. The fraction of sp³-hybridized carbons (Fsp3) is 0.667. The lowest BCUT2D eigenvalue weighted by atomic mass is 9.98. The molecule has 0 amide bonds. The minimum atomic E-state index is 0.614. The van der Waals surface area contributed by atoms with Gasteiger partial charge < -0.3 is 10.2 Å². The maximum atomic E-state index is 3.67. The largest absolute Gasteiger partial charge is 0.312 e. The van der Waals surface area contributed by atoms with Crippen LogP contribution in [-0.2, 0) is 6.42 Å². The van der Waals surface area contributed by atoms with Gasteiger partial charge >= 0.3 is 0 Å². The van der Waals surface area contributed by atoms with E-state index in [1.54, 1.807) is 0 Å². The second-order valence-corrected chi connectivity index (χ2v) is 6.69. The Morgan fingerprint density at radius 1 is 1.10 bits per heavy atom. The van der Waals surface area contributed by atoms with Gasteiger partial charge in [-0.2, -0.15) is 0 Å². The zero-order chi connectivity index (χ0) is 14.4. The number of piperidine rings is 1. The molecule has 0 bridgehead atoms. The van der Waals surface area contributed by atoms with E-state index >= 15 is 0 Å². The number of hydrogen-bond acceptors (Lipinski definition) is 2. The molecule has 0 spiro atoms. The van der Waals surface area contributed by atoms with Gasteiger partial charge in [-0.25, -0.2) is 0 Å². The molecule has 1 heterocycles. The van der Waals surface area contributed by atoms with Gasteiger partial charge in [0.2, 0.25) is 0 Å². The molecule has 2 nitrogen and oxygen atoms in total. The van der Waals surface area contributed by atoms with Crippen LogP contribution in [0.15, 0.2) is 30.3 Å². The van der Waals surface area contributed by atoms with Crippen LogP contribution in [0.1, 0.15) is 39.2 Å². The molecule has 112 valence electrons. The molecule has 20 heavy (non-hydrogen) atoms. The predicted molar refractivity (Wildman–Crippen MR) is 87.0 cm³/mol. The van der Waals surface area contributed by atoms with Crippen molar-refractivity contribution in [3.8, 4) is 0 Å². The van der Waals surface area contributed by atoms with Gasteiger partial charge in [0.25, 0.3) is 0 Å². The maximum absolute atomic E-state index is 3.67. The van der Waals surface area contributed by atoms with Gasteiger partial charge in [0.05, 0.1) is 0 Å². The zero-order valence-electron chi connectivity index (χ0n) is 13.3. The summed E-state index contributed by atoms with van der Waals surface area (Å²) in [7, 11) is 0. The molecule has 1 aliphatic rings. The van der Waals surface area contributed by atoms with Gasteiger partial charge in [-0.15, -0.1) is 0 Å². The summed E-state index contributed by atoms with van der Waals surface area (Å²) in [4.78, 5) is 2.64. The summed E-state index contributed by atoms with van der Waals surface area (Å²) in [5.74, 6) is 0.743. The first-order chi connectivity index (χ1) is 9.63. The van der Waals surface area contributed by atoms with Crippen molar-refractivity contribution in [1.29, 1.82) is 0 Å². The van der Waals surface area contributed by atoms with Crippen LogP contribution in [0.25, 0.3) is 0 Å². The van der Waals surface area contributed by atoms with E-state index in [0.717, 1.165) is 12.0 Å². The summed E-state index contributed by atoms with van der Waals surface area (Å²) < 4.78 is 0. The van der Waals surface area contributed by atoms with E-state index in [0.29, 0.717) is 6.04 Å². The summed E-state index contributed by atoms with van der Waals surface area (Å²) in [6.45, 7) is 10.6. The molecule has 1 N–H and O–H groups in total. The highest BCUT2D eigenvalue weighted by molar-refractivity contribution is 5.15. The van der Waals surface area contributed by atoms with Crippen molar-refractivity contribution < 1.29 is 0 Å². The molecule has 0 saturated carbocycles. The van der Waals surface area contributed by atoms with Crippen molar-refractivity contribution in [1.82, 2.24) is 10.2 Å². The number of benzene rings is 1. The van der Waals surface area contributed by atoms with Crippen molar-refractivity contribution in [3.05, 3.63) is 35.9 Å². The zero-order valence-corrected chi connectivity index (χ0v) is 13.3. The number of nitrogens with one attached hydrogen (secondary N) is 1. The van der Waals surface area contributed by atoms with Crippen LogP contribution in [0.5, 0.6) is 0 Å². The summed E-state index contributed by atoms with van der Waals surface area (Å²) in [6.07, 6.45) is 3.80. The van der Waals surface area contributed by atoms with Crippen molar-refractivity contribution in [2.24, 2.45) is 5.92 Å². The lowest BCUT2D eigenvalue weighted by molar-refractivity contribution is 0.172. The average Bonchev–Trinajstić information content (AvgIpc) is 2.41. The Balaban J connectivity index is 1.70. The molecule has 1 saturated heterocycles. The number of hydrogen-bond donors (Lipinski definition) is 1. The van der Waals surface area contributed by atoms with Crippen molar-refractivity contribution in [2.45, 2.75) is 52.1 Å². The third-order valence-corrected chi connectivity index (χ3v) is 4.15. The number of nitrogens with zero attached hydrogens (tertiary/aromatic N) is 1. The molecule has 2 heteroatoms. The fourth-order valence-electron chi connectivity index (χ4n) is 3.28. The summed E-state index contributed by atoms with van der Waals surface area (Å²) in [5.41, 5.74) is 1.47. The van der Waals surface area contributed by atoms with E-state index in [9.17, 15) is 0 Å². The molecule has 1 atom stereocenters. The Morgan fingerprint density at radius 3 is 2.35 bits per heavy atom. The van der Waals surface area contributed by atoms with Gasteiger partial charge in [0.15, 0.2) is 0 Å². The van der Waals surface area contributed by atoms with E-state index in [4.69, 9.17) is 0 Å². The standard InChI is InChI=1S/C18H30N2/c1-15(2)19-18-9-11-20(12-10-18)14-16(3)13-17-7-5-4-6-8-17/h4-8,15-16,18-19H,9-14H2,1-3H3/t16-/m1/s1. The second-order valence-electron chi connectivity index (χ2n) is 6.69. The first-order valence-electron chi connectivity index (χ1n) is 8.16. The lowest BCUT2D eigenvalue weighted by Gasteiger charge is -2.34. The fourth-order valence-corrected chi connectivity index (χ4v) is 3.28. The van der Waals surface area contributed by atoms with E-state index in [1.807, 2.05) is 0 Å². The van der Waals surface area contributed by atoms with E-state index < -0.39 is 0 Å².